The lowest BCUT2D eigenvalue weighted by Gasteiger charge is -2.34. The second-order valence-electron chi connectivity index (χ2n) is 12.9. The maximum atomic E-state index is 6.48. The van der Waals surface area contributed by atoms with Gasteiger partial charge >= 0.3 is 0 Å². The van der Waals surface area contributed by atoms with E-state index in [4.69, 9.17) is 4.42 Å². The summed E-state index contributed by atoms with van der Waals surface area (Å²) in [5.41, 5.74) is 13.9. The van der Waals surface area contributed by atoms with Crippen molar-refractivity contribution in [1.82, 2.24) is 4.57 Å². The van der Waals surface area contributed by atoms with Gasteiger partial charge in [0.05, 0.1) is 5.52 Å². The highest BCUT2D eigenvalue weighted by Gasteiger charge is 2.27. The standard InChI is InChI=1S/C44H40N2O/c1-4-34-37-21-11-13-24-42(37)47-43(34)27-28-45(41-23-14-16-31(3)44(41)35-19-9-8-15-30(35)2)33-25-26-40-38(29-33)36-20-10-12-22-39(36)46(40)32-17-6-5-7-18-32/h4-14,16-24,29-30H,1,15,25-28H2,2-3H3. The summed E-state index contributed by atoms with van der Waals surface area (Å²) in [5.74, 6) is 1.45. The highest BCUT2D eigenvalue weighted by molar-refractivity contribution is 5.95. The van der Waals surface area contributed by atoms with Crippen LogP contribution in [0.3, 0.4) is 0 Å². The Hall–Kier alpha value is -5.28. The van der Waals surface area contributed by atoms with Crippen molar-refractivity contribution in [3.05, 3.63) is 161 Å². The zero-order chi connectivity index (χ0) is 31.9. The SMILES string of the molecule is C=Cc1c(CCN(C2=Cc3c(n(-c4ccccc4)c4ccccc34)CC2)c2cccc(C)c2C2=CC=CCC2C)oc2ccccc12. The molecule has 0 spiro atoms. The van der Waals surface area contributed by atoms with Crippen LogP contribution < -0.4 is 4.90 Å². The molecule has 1 unspecified atom stereocenters. The molecule has 3 nitrogen and oxygen atoms in total. The van der Waals surface area contributed by atoms with E-state index in [1.54, 1.807) is 0 Å². The number of anilines is 1. The van der Waals surface area contributed by atoms with Crippen molar-refractivity contribution in [1.29, 1.82) is 0 Å². The fourth-order valence-electron chi connectivity index (χ4n) is 7.78. The summed E-state index contributed by atoms with van der Waals surface area (Å²) in [4.78, 5) is 2.59. The van der Waals surface area contributed by atoms with Crippen LogP contribution in [-0.2, 0) is 12.8 Å². The van der Waals surface area contributed by atoms with Crippen LogP contribution in [-0.4, -0.2) is 11.1 Å². The topological polar surface area (TPSA) is 21.3 Å². The summed E-state index contributed by atoms with van der Waals surface area (Å²) in [6, 6.07) is 34.8. The molecule has 2 heterocycles. The number of hydrogen-bond acceptors (Lipinski definition) is 2. The van der Waals surface area contributed by atoms with Gasteiger partial charge in [-0.2, -0.15) is 0 Å². The smallest absolute Gasteiger partial charge is 0.134 e. The fourth-order valence-corrected chi connectivity index (χ4v) is 7.78. The van der Waals surface area contributed by atoms with Crippen molar-refractivity contribution in [3.8, 4) is 5.69 Å². The Labute approximate surface area is 277 Å². The molecule has 0 bridgehead atoms. The quantitative estimate of drug-likeness (QED) is 0.171. The molecule has 8 rings (SSSR count). The number of aromatic nitrogens is 1. The molecule has 3 heteroatoms. The van der Waals surface area contributed by atoms with E-state index in [9.17, 15) is 0 Å². The monoisotopic (exact) mass is 612 g/mol. The van der Waals surface area contributed by atoms with Gasteiger partial charge in [-0.05, 0) is 79.6 Å². The Bertz CT molecular complexity index is 2220. The van der Waals surface area contributed by atoms with Gasteiger partial charge in [0.1, 0.15) is 11.3 Å². The average Bonchev–Trinajstić information content (AvgIpc) is 3.64. The number of rotatable bonds is 8. The van der Waals surface area contributed by atoms with Gasteiger partial charge in [-0.3, -0.25) is 0 Å². The third-order valence-corrected chi connectivity index (χ3v) is 10.0. The maximum Gasteiger partial charge on any atom is 0.134 e. The summed E-state index contributed by atoms with van der Waals surface area (Å²) < 4.78 is 8.94. The van der Waals surface area contributed by atoms with E-state index in [0.717, 1.165) is 54.5 Å². The van der Waals surface area contributed by atoms with Gasteiger partial charge in [0, 0.05) is 63.2 Å². The third kappa shape index (κ3) is 5.07. The number of para-hydroxylation sites is 3. The lowest BCUT2D eigenvalue weighted by atomic mass is 9.84. The number of allylic oxidation sites excluding steroid dienone is 5. The first kappa shape index (κ1) is 29.1. The Balaban J connectivity index is 1.29. The maximum absolute atomic E-state index is 6.48. The van der Waals surface area contributed by atoms with Crippen molar-refractivity contribution in [2.75, 3.05) is 11.4 Å². The first-order chi connectivity index (χ1) is 23.1. The van der Waals surface area contributed by atoms with Crippen LogP contribution in [0.2, 0.25) is 0 Å². The number of hydrogen-bond donors (Lipinski definition) is 0. The predicted molar refractivity (Wildman–Crippen MR) is 199 cm³/mol. The van der Waals surface area contributed by atoms with Crippen LogP contribution in [0.1, 0.15) is 53.5 Å². The van der Waals surface area contributed by atoms with Gasteiger partial charge in [-0.1, -0.05) is 105 Å². The summed E-state index contributed by atoms with van der Waals surface area (Å²) in [7, 11) is 0. The van der Waals surface area contributed by atoms with Crippen molar-refractivity contribution in [2.45, 2.75) is 39.5 Å². The molecule has 0 aliphatic heterocycles. The van der Waals surface area contributed by atoms with E-state index in [0.29, 0.717) is 5.92 Å². The molecule has 0 amide bonds. The average molecular weight is 613 g/mol. The molecule has 232 valence electrons. The highest BCUT2D eigenvalue weighted by atomic mass is 16.3. The summed E-state index contributed by atoms with van der Waals surface area (Å²) in [5, 5.41) is 2.43. The van der Waals surface area contributed by atoms with E-state index < -0.39 is 0 Å². The van der Waals surface area contributed by atoms with Crippen molar-refractivity contribution in [2.24, 2.45) is 5.92 Å². The summed E-state index contributed by atoms with van der Waals surface area (Å²) >= 11 is 0. The van der Waals surface area contributed by atoms with Gasteiger partial charge in [0.15, 0.2) is 0 Å². The number of aryl methyl sites for hydroxylation is 1. The number of furan rings is 1. The zero-order valence-electron chi connectivity index (χ0n) is 27.2. The Morgan fingerprint density at radius 3 is 2.51 bits per heavy atom. The Morgan fingerprint density at radius 2 is 1.68 bits per heavy atom. The largest absolute Gasteiger partial charge is 0.460 e. The third-order valence-electron chi connectivity index (χ3n) is 10.0. The van der Waals surface area contributed by atoms with Crippen LogP contribution >= 0.6 is 0 Å². The number of benzene rings is 4. The molecular formula is C44H40N2O. The molecule has 0 saturated heterocycles. The van der Waals surface area contributed by atoms with Gasteiger partial charge < -0.3 is 13.9 Å². The summed E-state index contributed by atoms with van der Waals surface area (Å²) in [6.07, 6.45) is 15.0. The second-order valence-corrected chi connectivity index (χ2v) is 12.9. The van der Waals surface area contributed by atoms with E-state index in [1.807, 2.05) is 12.1 Å². The molecule has 47 heavy (non-hydrogen) atoms. The second kappa shape index (κ2) is 12.1. The number of fused-ring (bicyclic) bond motifs is 4. The molecule has 0 fully saturated rings. The lowest BCUT2D eigenvalue weighted by molar-refractivity contribution is 0.546. The van der Waals surface area contributed by atoms with Gasteiger partial charge in [0.25, 0.3) is 0 Å². The minimum Gasteiger partial charge on any atom is -0.460 e. The normalized spacial score (nSPS) is 15.8. The molecule has 0 radical (unpaired) electrons. The van der Waals surface area contributed by atoms with Crippen LogP contribution in [0.15, 0.2) is 132 Å². The molecular weight excluding hydrogens is 572 g/mol. The first-order valence-corrected chi connectivity index (χ1v) is 16.9. The van der Waals surface area contributed by atoms with Crippen molar-refractivity contribution >= 4 is 45.3 Å². The molecule has 2 aliphatic rings. The van der Waals surface area contributed by atoms with E-state index in [2.05, 4.69) is 145 Å². The first-order valence-electron chi connectivity index (χ1n) is 16.9. The Kier molecular flexibility index (Phi) is 7.53. The predicted octanol–water partition coefficient (Wildman–Crippen LogP) is 11.3. The molecule has 2 aliphatic carbocycles. The molecule has 0 N–H and O–H groups in total. The van der Waals surface area contributed by atoms with Crippen molar-refractivity contribution in [3.63, 3.8) is 0 Å². The minimum atomic E-state index is 0.459. The molecule has 0 saturated carbocycles. The van der Waals surface area contributed by atoms with Crippen LogP contribution in [0.25, 0.3) is 45.3 Å². The molecule has 4 aromatic carbocycles. The number of nitrogens with zero attached hydrogens (tertiary/aromatic N) is 2. The van der Waals surface area contributed by atoms with Crippen LogP contribution in [0.4, 0.5) is 5.69 Å². The van der Waals surface area contributed by atoms with Crippen LogP contribution in [0, 0.1) is 12.8 Å². The van der Waals surface area contributed by atoms with E-state index in [-0.39, 0.29) is 0 Å². The van der Waals surface area contributed by atoms with E-state index >= 15 is 0 Å². The van der Waals surface area contributed by atoms with Crippen LogP contribution in [0.5, 0.6) is 0 Å². The zero-order valence-corrected chi connectivity index (χ0v) is 27.2. The van der Waals surface area contributed by atoms with Crippen molar-refractivity contribution < 1.29 is 4.42 Å². The van der Waals surface area contributed by atoms with Gasteiger partial charge in [0.2, 0.25) is 0 Å². The lowest BCUT2D eigenvalue weighted by Crippen LogP contribution is -2.28. The molecule has 1 atom stereocenters. The fraction of sp³-hybridized carbons (Fsp3) is 0.182. The minimum absolute atomic E-state index is 0.459. The highest BCUT2D eigenvalue weighted by Crippen LogP contribution is 2.42. The van der Waals surface area contributed by atoms with Gasteiger partial charge in [-0.15, -0.1) is 0 Å². The van der Waals surface area contributed by atoms with Gasteiger partial charge in [-0.25, -0.2) is 0 Å². The Morgan fingerprint density at radius 1 is 0.894 bits per heavy atom. The van der Waals surface area contributed by atoms with E-state index in [1.165, 1.54) is 55.9 Å². The molecule has 2 aromatic heterocycles. The molecule has 6 aromatic rings. The summed E-state index contributed by atoms with van der Waals surface area (Å²) in [6.45, 7) is 9.58.